The molecule has 2 atom stereocenters. The number of hydrogen-bond acceptors (Lipinski definition) is 1. The molecule has 0 amide bonds. The highest BCUT2D eigenvalue weighted by molar-refractivity contribution is 8.03. The van der Waals surface area contributed by atoms with E-state index in [1.165, 1.54) is 48.3 Å². The number of fused-ring (bicyclic) bond motifs is 1. The molecular weight excluding hydrogens is 260 g/mol. The van der Waals surface area contributed by atoms with Crippen molar-refractivity contribution in [1.82, 2.24) is 0 Å². The highest BCUT2D eigenvalue weighted by Gasteiger charge is 2.39. The number of thioether (sulfide) groups is 1. The molecule has 1 saturated carbocycles. The number of hydrogen-bond donors (Lipinski definition) is 0. The zero-order chi connectivity index (χ0) is 12.4. The highest BCUT2D eigenvalue weighted by Crippen LogP contribution is 2.55. The van der Waals surface area contributed by atoms with Gasteiger partial charge in [-0.25, -0.2) is 0 Å². The van der Waals surface area contributed by atoms with E-state index in [4.69, 9.17) is 11.6 Å². The van der Waals surface area contributed by atoms with Crippen molar-refractivity contribution >= 4 is 23.4 Å². The highest BCUT2D eigenvalue weighted by atomic mass is 35.5. The molecule has 96 valence electrons. The lowest BCUT2D eigenvalue weighted by Gasteiger charge is -2.40. The quantitative estimate of drug-likeness (QED) is 0.656. The van der Waals surface area contributed by atoms with E-state index in [9.17, 15) is 0 Å². The molecule has 1 aromatic rings. The van der Waals surface area contributed by atoms with Crippen LogP contribution < -0.4 is 0 Å². The topological polar surface area (TPSA) is 0 Å². The van der Waals surface area contributed by atoms with Gasteiger partial charge in [0.25, 0.3) is 0 Å². The maximum atomic E-state index is 6.52. The fraction of sp³-hybridized carbons (Fsp3) is 0.500. The van der Waals surface area contributed by atoms with Crippen molar-refractivity contribution in [3.8, 4) is 0 Å². The molecule has 0 radical (unpaired) electrons. The molecule has 0 bridgehead atoms. The summed E-state index contributed by atoms with van der Waals surface area (Å²) in [5.41, 5.74) is 0. The molecule has 0 N–H and O–H groups in total. The van der Waals surface area contributed by atoms with Crippen LogP contribution >= 0.6 is 23.4 Å². The van der Waals surface area contributed by atoms with Crippen molar-refractivity contribution in [3.63, 3.8) is 0 Å². The van der Waals surface area contributed by atoms with E-state index in [1.54, 1.807) is 0 Å². The molecular formula is C16H19ClS. The number of halogens is 1. The third kappa shape index (κ3) is 2.48. The predicted molar refractivity (Wildman–Crippen MR) is 79.9 cm³/mol. The van der Waals surface area contributed by atoms with E-state index in [-0.39, 0.29) is 0 Å². The Morgan fingerprint density at radius 1 is 0.889 bits per heavy atom. The van der Waals surface area contributed by atoms with Crippen LogP contribution in [0.4, 0.5) is 0 Å². The van der Waals surface area contributed by atoms with Crippen LogP contribution in [0, 0.1) is 11.8 Å². The van der Waals surface area contributed by atoms with Crippen LogP contribution in [0.15, 0.2) is 45.2 Å². The van der Waals surface area contributed by atoms with Gasteiger partial charge < -0.3 is 0 Å². The summed E-state index contributed by atoms with van der Waals surface area (Å²) in [6.07, 6.45) is 8.20. The van der Waals surface area contributed by atoms with Crippen LogP contribution in [0.25, 0.3) is 0 Å². The van der Waals surface area contributed by atoms with Gasteiger partial charge in [0.2, 0.25) is 0 Å². The molecule has 0 spiro atoms. The summed E-state index contributed by atoms with van der Waals surface area (Å²) >= 11 is 8.41. The van der Waals surface area contributed by atoms with Crippen LogP contribution in [-0.2, 0) is 0 Å². The lowest BCUT2D eigenvalue weighted by molar-refractivity contribution is 0.314. The third-order valence-corrected chi connectivity index (χ3v) is 5.98. The van der Waals surface area contributed by atoms with Crippen LogP contribution in [0.3, 0.4) is 0 Å². The monoisotopic (exact) mass is 278 g/mol. The van der Waals surface area contributed by atoms with Gasteiger partial charge in [0, 0.05) is 20.8 Å². The smallest absolute Gasteiger partial charge is 0.0319 e. The van der Waals surface area contributed by atoms with Crippen LogP contribution in [0.1, 0.15) is 38.5 Å². The number of allylic oxidation sites excluding steroid dienone is 2. The summed E-state index contributed by atoms with van der Waals surface area (Å²) in [4.78, 5) is 2.78. The summed E-state index contributed by atoms with van der Waals surface area (Å²) in [7, 11) is 0. The number of rotatable bonds is 2. The van der Waals surface area contributed by atoms with Crippen molar-refractivity contribution in [2.45, 2.75) is 43.4 Å². The molecule has 1 fully saturated rings. The van der Waals surface area contributed by atoms with Gasteiger partial charge in [-0.2, -0.15) is 0 Å². The molecule has 2 aliphatic rings. The Bertz CT molecular complexity index is 438. The predicted octanol–water partition coefficient (Wildman–Crippen LogP) is 5.83. The lowest BCUT2D eigenvalue weighted by Crippen LogP contribution is -2.28. The Balaban J connectivity index is 1.75. The minimum absolute atomic E-state index is 0.679. The van der Waals surface area contributed by atoms with Gasteiger partial charge >= 0.3 is 0 Å². The first-order chi connectivity index (χ1) is 8.86. The van der Waals surface area contributed by atoms with E-state index in [0.29, 0.717) is 5.92 Å². The molecule has 1 aromatic carbocycles. The van der Waals surface area contributed by atoms with E-state index in [0.717, 1.165) is 11.0 Å². The van der Waals surface area contributed by atoms with Gasteiger partial charge in [0.15, 0.2) is 0 Å². The standard InChI is InChI=1S/C16H19ClS/c17-15-13-10-6-1-2-7-11-14(13)16(15)18-12-8-4-3-5-9-12/h3-5,8-9,13-14H,1-2,6-7,10-11H2. The normalized spacial score (nSPS) is 28.1. The van der Waals surface area contributed by atoms with Gasteiger partial charge in [0.1, 0.15) is 0 Å². The first-order valence-corrected chi connectivity index (χ1v) is 8.18. The van der Waals surface area contributed by atoms with Crippen molar-refractivity contribution in [2.24, 2.45) is 11.8 Å². The summed E-state index contributed by atoms with van der Waals surface area (Å²) in [6.45, 7) is 0. The third-order valence-electron chi connectivity index (χ3n) is 4.13. The van der Waals surface area contributed by atoms with Gasteiger partial charge in [-0.3, -0.25) is 0 Å². The second-order valence-electron chi connectivity index (χ2n) is 5.33. The van der Waals surface area contributed by atoms with E-state index >= 15 is 0 Å². The van der Waals surface area contributed by atoms with Crippen molar-refractivity contribution in [3.05, 3.63) is 40.3 Å². The molecule has 0 aliphatic heterocycles. The van der Waals surface area contributed by atoms with Gasteiger partial charge in [-0.15, -0.1) is 0 Å². The van der Waals surface area contributed by atoms with Gasteiger partial charge in [-0.1, -0.05) is 67.2 Å². The van der Waals surface area contributed by atoms with Gasteiger partial charge in [-0.05, 0) is 30.9 Å². The maximum Gasteiger partial charge on any atom is 0.0319 e. The molecule has 2 aliphatic carbocycles. The second-order valence-corrected chi connectivity index (χ2v) is 6.85. The Labute approximate surface area is 119 Å². The molecule has 18 heavy (non-hydrogen) atoms. The van der Waals surface area contributed by atoms with Crippen molar-refractivity contribution < 1.29 is 0 Å². The first-order valence-electron chi connectivity index (χ1n) is 6.99. The SMILES string of the molecule is ClC1=C(Sc2ccccc2)C2CCCCCCC12. The Kier molecular flexibility index (Phi) is 4.00. The summed E-state index contributed by atoms with van der Waals surface area (Å²) in [6, 6.07) is 10.6. The lowest BCUT2D eigenvalue weighted by atomic mass is 9.74. The van der Waals surface area contributed by atoms with Crippen LogP contribution in [-0.4, -0.2) is 0 Å². The first kappa shape index (κ1) is 12.6. The van der Waals surface area contributed by atoms with Crippen molar-refractivity contribution in [2.75, 3.05) is 0 Å². The largest absolute Gasteiger partial charge is 0.0930 e. The average molecular weight is 279 g/mol. The van der Waals surface area contributed by atoms with Crippen LogP contribution in [0.2, 0.25) is 0 Å². The molecule has 0 nitrogen and oxygen atoms in total. The van der Waals surface area contributed by atoms with E-state index in [2.05, 4.69) is 30.3 Å². The summed E-state index contributed by atoms with van der Waals surface area (Å²) in [5, 5.41) is 1.16. The van der Waals surface area contributed by atoms with Gasteiger partial charge in [0.05, 0.1) is 0 Å². The molecule has 3 rings (SSSR count). The zero-order valence-corrected chi connectivity index (χ0v) is 12.1. The second kappa shape index (κ2) is 5.71. The minimum atomic E-state index is 0.679. The maximum absolute atomic E-state index is 6.52. The summed E-state index contributed by atoms with van der Waals surface area (Å²) in [5.74, 6) is 1.43. The van der Waals surface area contributed by atoms with Crippen LogP contribution in [0.5, 0.6) is 0 Å². The van der Waals surface area contributed by atoms with E-state index in [1.807, 2.05) is 11.8 Å². The summed E-state index contributed by atoms with van der Waals surface area (Å²) < 4.78 is 0. The molecule has 0 aromatic heterocycles. The average Bonchev–Trinajstić information content (AvgIpc) is 2.38. The Hall–Kier alpha value is -0.400. The molecule has 2 heteroatoms. The number of benzene rings is 1. The fourth-order valence-electron chi connectivity index (χ4n) is 3.11. The molecule has 0 saturated heterocycles. The zero-order valence-electron chi connectivity index (χ0n) is 10.6. The minimum Gasteiger partial charge on any atom is -0.0930 e. The Morgan fingerprint density at radius 2 is 1.56 bits per heavy atom. The van der Waals surface area contributed by atoms with Crippen molar-refractivity contribution in [1.29, 1.82) is 0 Å². The van der Waals surface area contributed by atoms with E-state index < -0.39 is 0 Å². The molecule has 2 unspecified atom stereocenters. The Morgan fingerprint density at radius 3 is 2.28 bits per heavy atom. The molecule has 0 heterocycles. The fourth-order valence-corrected chi connectivity index (χ4v) is 4.85.